The van der Waals surface area contributed by atoms with E-state index in [1.807, 2.05) is 6.07 Å². The fraction of sp³-hybridized carbons (Fsp3) is 0.304. The maximum absolute atomic E-state index is 13.1. The predicted octanol–water partition coefficient (Wildman–Crippen LogP) is 3.75. The fourth-order valence-corrected chi connectivity index (χ4v) is 3.62. The molecule has 3 atom stereocenters. The van der Waals surface area contributed by atoms with E-state index in [0.717, 1.165) is 0 Å². The molecule has 0 saturated carbocycles. The maximum Gasteiger partial charge on any atom is 0.193 e. The van der Waals surface area contributed by atoms with Crippen molar-refractivity contribution in [1.29, 1.82) is 10.5 Å². The Morgan fingerprint density at radius 1 is 0.857 bits per heavy atom. The van der Waals surface area contributed by atoms with Crippen molar-refractivity contribution in [2.75, 3.05) is 0 Å². The number of benzene rings is 2. The van der Waals surface area contributed by atoms with Gasteiger partial charge in [-0.2, -0.15) is 10.5 Å². The van der Waals surface area contributed by atoms with Gasteiger partial charge in [0.05, 0.1) is 17.7 Å². The molecule has 2 rings (SSSR count). The summed E-state index contributed by atoms with van der Waals surface area (Å²) in [5.74, 6) is -2.25. The zero-order chi connectivity index (χ0) is 20.9. The molecule has 0 aliphatic carbocycles. The van der Waals surface area contributed by atoms with Gasteiger partial charge in [0.1, 0.15) is 0 Å². The van der Waals surface area contributed by atoms with E-state index in [4.69, 9.17) is 5.73 Å². The predicted molar refractivity (Wildman–Crippen MR) is 106 cm³/mol. The molecule has 0 heterocycles. The van der Waals surface area contributed by atoms with Crippen LogP contribution in [0.5, 0.6) is 0 Å². The third-order valence-electron chi connectivity index (χ3n) is 5.11. The van der Waals surface area contributed by atoms with E-state index < -0.39 is 23.3 Å². The van der Waals surface area contributed by atoms with E-state index in [1.165, 1.54) is 0 Å². The average molecular weight is 373 g/mol. The Labute approximate surface area is 165 Å². The summed E-state index contributed by atoms with van der Waals surface area (Å²) in [6, 6.07) is 19.4. The van der Waals surface area contributed by atoms with Gasteiger partial charge in [-0.3, -0.25) is 9.59 Å². The molecular weight excluding hydrogens is 350 g/mol. The van der Waals surface area contributed by atoms with Crippen molar-refractivity contribution in [1.82, 2.24) is 0 Å². The molecular formula is C23H23N3O2. The minimum Gasteiger partial charge on any atom is -0.319 e. The molecule has 0 aliphatic heterocycles. The largest absolute Gasteiger partial charge is 0.319 e. The summed E-state index contributed by atoms with van der Waals surface area (Å²) in [4.78, 5) is 25.6. The zero-order valence-corrected chi connectivity index (χ0v) is 16.2. The summed E-state index contributed by atoms with van der Waals surface area (Å²) >= 11 is 0. The van der Waals surface area contributed by atoms with Gasteiger partial charge in [0.2, 0.25) is 0 Å². The van der Waals surface area contributed by atoms with Crippen LogP contribution in [-0.4, -0.2) is 17.1 Å². The van der Waals surface area contributed by atoms with Gasteiger partial charge in [0.25, 0.3) is 0 Å². The second kappa shape index (κ2) is 8.61. The van der Waals surface area contributed by atoms with E-state index in [9.17, 15) is 20.1 Å². The molecule has 0 aliphatic rings. The van der Waals surface area contributed by atoms with Crippen molar-refractivity contribution < 1.29 is 9.59 Å². The highest BCUT2D eigenvalue weighted by molar-refractivity contribution is 6.10. The molecule has 5 nitrogen and oxygen atoms in total. The van der Waals surface area contributed by atoms with Gasteiger partial charge in [-0.15, -0.1) is 0 Å². The smallest absolute Gasteiger partial charge is 0.193 e. The van der Waals surface area contributed by atoms with Gasteiger partial charge in [0.15, 0.2) is 11.6 Å². The highest BCUT2D eigenvalue weighted by Gasteiger charge is 2.44. The molecule has 0 bridgehead atoms. The Balaban J connectivity index is 2.32. The first-order valence-corrected chi connectivity index (χ1v) is 9.06. The van der Waals surface area contributed by atoms with Gasteiger partial charge < -0.3 is 5.73 Å². The van der Waals surface area contributed by atoms with Gasteiger partial charge in [0, 0.05) is 34.4 Å². The lowest BCUT2D eigenvalue weighted by molar-refractivity contribution is 0.0788. The fourth-order valence-electron chi connectivity index (χ4n) is 3.62. The topological polar surface area (TPSA) is 108 Å². The summed E-state index contributed by atoms with van der Waals surface area (Å²) in [6.07, 6.45) is 0. The molecule has 0 saturated heterocycles. The molecule has 5 heteroatoms. The van der Waals surface area contributed by atoms with Crippen molar-refractivity contribution in [3.05, 3.63) is 71.3 Å². The van der Waals surface area contributed by atoms with Gasteiger partial charge in [-0.05, 0) is 20.8 Å². The van der Waals surface area contributed by atoms with Crippen LogP contribution in [0.2, 0.25) is 0 Å². The lowest BCUT2D eigenvalue weighted by Crippen LogP contribution is -2.55. The standard InChI is InChI=1S/C23H23N3O2/c1-15(13-24)20(16(2)14-25)23(3,26)22(28)19-11-9-18(10-12-19)21(27)17-7-5-4-6-8-17/h4-12,15-16,20H,26H2,1-3H3. The Bertz CT molecular complexity index is 915. The number of hydrogen-bond acceptors (Lipinski definition) is 5. The van der Waals surface area contributed by atoms with Crippen LogP contribution in [0.4, 0.5) is 0 Å². The third-order valence-corrected chi connectivity index (χ3v) is 5.11. The first-order chi connectivity index (χ1) is 13.2. The Hall–Kier alpha value is -3.28. The van der Waals surface area contributed by atoms with Crippen LogP contribution in [0.15, 0.2) is 54.6 Å². The molecule has 3 unspecified atom stereocenters. The van der Waals surface area contributed by atoms with Gasteiger partial charge in [-0.1, -0.05) is 54.6 Å². The molecule has 142 valence electrons. The number of rotatable bonds is 7. The van der Waals surface area contributed by atoms with Crippen molar-refractivity contribution in [3.63, 3.8) is 0 Å². The molecule has 2 aromatic rings. The number of hydrogen-bond donors (Lipinski definition) is 1. The minimum absolute atomic E-state index is 0.135. The van der Waals surface area contributed by atoms with Crippen LogP contribution in [0.1, 0.15) is 47.1 Å². The Morgan fingerprint density at radius 3 is 1.75 bits per heavy atom. The van der Waals surface area contributed by atoms with Gasteiger partial charge >= 0.3 is 0 Å². The maximum atomic E-state index is 13.1. The Kier molecular flexibility index (Phi) is 6.46. The molecule has 0 spiro atoms. The van der Waals surface area contributed by atoms with E-state index in [-0.39, 0.29) is 11.6 Å². The summed E-state index contributed by atoms with van der Waals surface area (Å²) in [5, 5.41) is 18.6. The zero-order valence-electron chi connectivity index (χ0n) is 16.2. The first-order valence-electron chi connectivity index (χ1n) is 9.06. The monoisotopic (exact) mass is 373 g/mol. The second-order valence-electron chi connectivity index (χ2n) is 7.25. The van der Waals surface area contributed by atoms with E-state index >= 15 is 0 Å². The van der Waals surface area contributed by atoms with E-state index in [2.05, 4.69) is 12.1 Å². The van der Waals surface area contributed by atoms with Crippen molar-refractivity contribution in [3.8, 4) is 12.1 Å². The quantitative estimate of drug-likeness (QED) is 0.744. The molecule has 0 fully saturated rings. The molecule has 0 amide bonds. The second-order valence-corrected chi connectivity index (χ2v) is 7.25. The molecule has 28 heavy (non-hydrogen) atoms. The van der Waals surface area contributed by atoms with Crippen molar-refractivity contribution >= 4 is 11.6 Å². The highest BCUT2D eigenvalue weighted by atomic mass is 16.1. The summed E-state index contributed by atoms with van der Waals surface area (Å²) in [7, 11) is 0. The summed E-state index contributed by atoms with van der Waals surface area (Å²) < 4.78 is 0. The third kappa shape index (κ3) is 4.17. The molecule has 0 aromatic heterocycles. The van der Waals surface area contributed by atoms with Crippen LogP contribution in [0, 0.1) is 40.4 Å². The van der Waals surface area contributed by atoms with Crippen molar-refractivity contribution in [2.45, 2.75) is 26.3 Å². The number of carbonyl (C=O) groups is 2. The van der Waals surface area contributed by atoms with Crippen LogP contribution < -0.4 is 5.73 Å². The number of carbonyl (C=O) groups excluding carboxylic acids is 2. The molecule has 0 radical (unpaired) electrons. The van der Waals surface area contributed by atoms with Crippen molar-refractivity contribution in [2.24, 2.45) is 23.5 Å². The first kappa shape index (κ1) is 21.0. The normalized spacial score (nSPS) is 15.9. The van der Waals surface area contributed by atoms with E-state index in [0.29, 0.717) is 16.7 Å². The lowest BCUT2D eigenvalue weighted by atomic mass is 9.69. The van der Waals surface area contributed by atoms with Crippen LogP contribution in [0.25, 0.3) is 0 Å². The number of nitriles is 2. The van der Waals surface area contributed by atoms with Crippen LogP contribution in [0.3, 0.4) is 0 Å². The van der Waals surface area contributed by atoms with Gasteiger partial charge in [-0.25, -0.2) is 0 Å². The summed E-state index contributed by atoms with van der Waals surface area (Å²) in [5.41, 5.74) is 6.34. The average Bonchev–Trinajstić information content (AvgIpc) is 2.72. The SMILES string of the molecule is CC(C#N)C(C(C)C#N)C(C)(N)C(=O)c1ccc(C(=O)c2ccccc2)cc1. The number of nitrogens with zero attached hydrogens (tertiary/aromatic N) is 2. The molecule has 2 aromatic carbocycles. The van der Waals surface area contributed by atoms with Crippen LogP contribution >= 0.6 is 0 Å². The number of Topliss-reactive ketones (excluding diaryl/α,β-unsaturated/α-hetero) is 1. The number of ketones is 2. The lowest BCUT2D eigenvalue weighted by Gasteiger charge is -2.36. The Morgan fingerprint density at radius 2 is 1.29 bits per heavy atom. The number of nitrogens with two attached hydrogens (primary N) is 1. The van der Waals surface area contributed by atoms with Crippen LogP contribution in [-0.2, 0) is 0 Å². The minimum atomic E-state index is -1.39. The van der Waals surface area contributed by atoms with E-state index in [1.54, 1.807) is 69.3 Å². The summed E-state index contributed by atoms with van der Waals surface area (Å²) in [6.45, 7) is 4.89. The highest BCUT2D eigenvalue weighted by Crippen LogP contribution is 2.32. The molecule has 2 N–H and O–H groups in total.